The van der Waals surface area contributed by atoms with Gasteiger partial charge >= 0.3 is 0 Å². The third-order valence-electron chi connectivity index (χ3n) is 3.64. The number of carbonyl (C=O) groups is 2. The van der Waals surface area contributed by atoms with E-state index in [1.165, 1.54) is 17.7 Å². The van der Waals surface area contributed by atoms with Gasteiger partial charge in [0.25, 0.3) is 0 Å². The number of carbonyl (C=O) groups excluding carboxylic acids is 2. The zero-order valence-electron chi connectivity index (χ0n) is 13.3. The SMILES string of the molecule is CC(=O)Nc1ccc(C(=O)CSc2cccc3ccccc23)cc1. The summed E-state index contributed by atoms with van der Waals surface area (Å²) in [6.07, 6.45) is 0. The van der Waals surface area contributed by atoms with Crippen molar-refractivity contribution >= 4 is 39.9 Å². The predicted octanol–water partition coefficient (Wildman–Crippen LogP) is 4.77. The molecule has 0 aromatic heterocycles. The molecule has 4 heteroatoms. The molecule has 0 fully saturated rings. The topological polar surface area (TPSA) is 46.2 Å². The van der Waals surface area contributed by atoms with Crippen LogP contribution in [0.4, 0.5) is 5.69 Å². The maximum atomic E-state index is 12.4. The number of fused-ring (bicyclic) bond motifs is 1. The van der Waals surface area contributed by atoms with E-state index in [4.69, 9.17) is 0 Å². The van der Waals surface area contributed by atoms with Crippen molar-refractivity contribution in [2.24, 2.45) is 0 Å². The lowest BCUT2D eigenvalue weighted by Crippen LogP contribution is -2.07. The molecule has 0 aliphatic carbocycles. The predicted molar refractivity (Wildman–Crippen MR) is 99.7 cm³/mol. The van der Waals surface area contributed by atoms with Crippen molar-refractivity contribution in [2.45, 2.75) is 11.8 Å². The Labute approximate surface area is 145 Å². The Bertz CT molecular complexity index is 882. The molecular formula is C20H17NO2S. The Morgan fingerprint density at radius 1 is 0.917 bits per heavy atom. The van der Waals surface area contributed by atoms with Crippen LogP contribution in [0.15, 0.2) is 71.6 Å². The molecule has 0 bridgehead atoms. The van der Waals surface area contributed by atoms with Crippen molar-refractivity contribution in [1.82, 2.24) is 0 Å². The minimum Gasteiger partial charge on any atom is -0.326 e. The summed E-state index contributed by atoms with van der Waals surface area (Å²) in [5, 5.41) is 5.03. The molecule has 0 atom stereocenters. The van der Waals surface area contributed by atoms with Gasteiger partial charge in [-0.1, -0.05) is 36.4 Å². The van der Waals surface area contributed by atoms with Gasteiger partial charge < -0.3 is 5.32 Å². The molecule has 1 amide bonds. The molecule has 0 spiro atoms. The third-order valence-corrected chi connectivity index (χ3v) is 4.71. The van der Waals surface area contributed by atoms with Gasteiger partial charge in [0.05, 0.1) is 5.75 Å². The number of ketones is 1. The molecule has 1 N–H and O–H groups in total. The molecule has 3 nitrogen and oxygen atoms in total. The van der Waals surface area contributed by atoms with Crippen molar-refractivity contribution < 1.29 is 9.59 Å². The second-order valence-electron chi connectivity index (χ2n) is 5.45. The second-order valence-corrected chi connectivity index (χ2v) is 6.46. The van der Waals surface area contributed by atoms with Crippen molar-refractivity contribution in [3.63, 3.8) is 0 Å². The summed E-state index contributed by atoms with van der Waals surface area (Å²) >= 11 is 1.55. The first-order chi connectivity index (χ1) is 11.6. The molecule has 0 aliphatic rings. The van der Waals surface area contributed by atoms with Gasteiger partial charge in [0, 0.05) is 23.1 Å². The Kier molecular flexibility index (Phi) is 4.96. The number of hydrogen-bond donors (Lipinski definition) is 1. The van der Waals surface area contributed by atoms with Gasteiger partial charge in [0.1, 0.15) is 0 Å². The van der Waals surface area contributed by atoms with E-state index in [1.54, 1.807) is 36.0 Å². The number of Topliss-reactive ketones (excluding diaryl/α,β-unsaturated/α-hetero) is 1. The smallest absolute Gasteiger partial charge is 0.221 e. The highest BCUT2D eigenvalue weighted by Crippen LogP contribution is 2.28. The largest absolute Gasteiger partial charge is 0.326 e. The number of thioether (sulfide) groups is 1. The average molecular weight is 335 g/mol. The lowest BCUT2D eigenvalue weighted by molar-refractivity contribution is -0.114. The number of hydrogen-bond acceptors (Lipinski definition) is 3. The van der Waals surface area contributed by atoms with Crippen LogP contribution in [0.2, 0.25) is 0 Å². The molecular weight excluding hydrogens is 318 g/mol. The number of rotatable bonds is 5. The maximum absolute atomic E-state index is 12.4. The quantitative estimate of drug-likeness (QED) is 0.539. The minimum absolute atomic E-state index is 0.0716. The molecule has 0 radical (unpaired) electrons. The van der Waals surface area contributed by atoms with Crippen LogP contribution in [0.25, 0.3) is 10.8 Å². The Morgan fingerprint density at radius 2 is 1.62 bits per heavy atom. The summed E-state index contributed by atoms with van der Waals surface area (Å²) in [6, 6.07) is 21.3. The fourth-order valence-electron chi connectivity index (χ4n) is 2.49. The van der Waals surface area contributed by atoms with Gasteiger partial charge in [-0.2, -0.15) is 0 Å². The normalized spacial score (nSPS) is 10.5. The van der Waals surface area contributed by atoms with Gasteiger partial charge in [-0.15, -0.1) is 11.8 Å². The summed E-state index contributed by atoms with van der Waals surface area (Å²) in [5.41, 5.74) is 1.34. The Hall–Kier alpha value is -2.59. The number of benzene rings is 3. The van der Waals surface area contributed by atoms with Gasteiger partial charge in [-0.05, 0) is 41.1 Å². The van der Waals surface area contributed by atoms with Crippen molar-refractivity contribution in [1.29, 1.82) is 0 Å². The van der Waals surface area contributed by atoms with Gasteiger partial charge in [-0.25, -0.2) is 0 Å². The first-order valence-electron chi connectivity index (χ1n) is 7.65. The molecule has 24 heavy (non-hydrogen) atoms. The lowest BCUT2D eigenvalue weighted by Gasteiger charge is -2.07. The third kappa shape index (κ3) is 3.84. The van der Waals surface area contributed by atoms with Gasteiger partial charge in [-0.3, -0.25) is 9.59 Å². The average Bonchev–Trinajstić information content (AvgIpc) is 2.59. The molecule has 0 unspecified atom stereocenters. The highest BCUT2D eigenvalue weighted by Gasteiger charge is 2.08. The summed E-state index contributed by atoms with van der Waals surface area (Å²) in [5.74, 6) is 0.330. The van der Waals surface area contributed by atoms with E-state index >= 15 is 0 Å². The first-order valence-corrected chi connectivity index (χ1v) is 8.63. The van der Waals surface area contributed by atoms with E-state index in [1.807, 2.05) is 24.3 Å². The Morgan fingerprint density at radius 3 is 2.38 bits per heavy atom. The van der Waals surface area contributed by atoms with Crippen LogP contribution in [0.1, 0.15) is 17.3 Å². The van der Waals surface area contributed by atoms with Crippen molar-refractivity contribution in [3.8, 4) is 0 Å². The van der Waals surface area contributed by atoms with Crippen LogP contribution in [-0.2, 0) is 4.79 Å². The van der Waals surface area contributed by atoms with E-state index in [2.05, 4.69) is 23.5 Å². The Balaban J connectivity index is 1.69. The standard InChI is InChI=1S/C20H17NO2S/c1-14(22)21-17-11-9-16(10-12-17)19(23)13-24-20-8-4-6-15-5-2-3-7-18(15)20/h2-12H,13H2,1H3,(H,21,22). The molecule has 3 rings (SSSR count). The number of anilines is 1. The van der Waals surface area contributed by atoms with E-state index in [9.17, 15) is 9.59 Å². The molecule has 0 saturated heterocycles. The number of nitrogens with one attached hydrogen (secondary N) is 1. The van der Waals surface area contributed by atoms with Crippen LogP contribution in [0.5, 0.6) is 0 Å². The summed E-state index contributed by atoms with van der Waals surface area (Å²) in [4.78, 5) is 24.5. The molecule has 0 heterocycles. The van der Waals surface area contributed by atoms with Crippen LogP contribution in [-0.4, -0.2) is 17.4 Å². The van der Waals surface area contributed by atoms with E-state index in [-0.39, 0.29) is 11.7 Å². The van der Waals surface area contributed by atoms with Crippen LogP contribution >= 0.6 is 11.8 Å². The molecule has 3 aromatic carbocycles. The molecule has 120 valence electrons. The molecule has 0 aliphatic heterocycles. The fourth-order valence-corrected chi connectivity index (χ4v) is 3.46. The van der Waals surface area contributed by atoms with E-state index < -0.39 is 0 Å². The molecule has 3 aromatic rings. The van der Waals surface area contributed by atoms with Crippen LogP contribution in [0, 0.1) is 0 Å². The summed E-state index contributed by atoms with van der Waals surface area (Å²) < 4.78 is 0. The van der Waals surface area contributed by atoms with Crippen LogP contribution < -0.4 is 5.32 Å². The minimum atomic E-state index is -0.124. The second kappa shape index (κ2) is 7.32. The first kappa shape index (κ1) is 16.3. The van der Waals surface area contributed by atoms with Crippen LogP contribution in [0.3, 0.4) is 0 Å². The highest BCUT2D eigenvalue weighted by molar-refractivity contribution is 8.00. The zero-order valence-corrected chi connectivity index (χ0v) is 14.1. The summed E-state index contributed by atoms with van der Waals surface area (Å²) in [7, 11) is 0. The monoisotopic (exact) mass is 335 g/mol. The molecule has 0 saturated carbocycles. The highest BCUT2D eigenvalue weighted by atomic mass is 32.2. The van der Waals surface area contributed by atoms with E-state index in [0.717, 1.165) is 4.90 Å². The fraction of sp³-hybridized carbons (Fsp3) is 0.100. The van der Waals surface area contributed by atoms with Gasteiger partial charge in [0.2, 0.25) is 5.91 Å². The lowest BCUT2D eigenvalue weighted by atomic mass is 10.1. The maximum Gasteiger partial charge on any atom is 0.221 e. The number of amides is 1. The zero-order chi connectivity index (χ0) is 16.9. The van der Waals surface area contributed by atoms with Crippen molar-refractivity contribution in [3.05, 3.63) is 72.3 Å². The van der Waals surface area contributed by atoms with E-state index in [0.29, 0.717) is 17.0 Å². The van der Waals surface area contributed by atoms with Gasteiger partial charge in [0.15, 0.2) is 5.78 Å². The van der Waals surface area contributed by atoms with Crippen molar-refractivity contribution in [2.75, 3.05) is 11.1 Å². The summed E-state index contributed by atoms with van der Waals surface area (Å²) in [6.45, 7) is 1.46.